The van der Waals surface area contributed by atoms with Crippen LogP contribution >= 0.6 is 11.3 Å². The van der Waals surface area contributed by atoms with Crippen molar-refractivity contribution >= 4 is 32.5 Å². The van der Waals surface area contributed by atoms with E-state index >= 15 is 0 Å². The smallest absolute Gasteiger partial charge is 0.0774 e. The predicted molar refractivity (Wildman–Crippen MR) is 205 cm³/mol. The molecule has 0 bridgehead atoms. The van der Waals surface area contributed by atoms with Crippen LogP contribution in [0.25, 0.3) is 49.5 Å². The summed E-state index contributed by atoms with van der Waals surface area (Å²) in [6.45, 7) is 9.35. The Morgan fingerprint density at radius 1 is 0.816 bits per heavy atom. The van der Waals surface area contributed by atoms with Crippen LogP contribution in [-0.2, 0) is 26.5 Å². The minimum Gasteiger partial charge on any atom is -0.333 e. The number of aryl methyl sites for hydroxylation is 2. The van der Waals surface area contributed by atoms with E-state index < -0.39 is 13.7 Å². The molecule has 0 amide bonds. The van der Waals surface area contributed by atoms with Crippen LogP contribution < -0.4 is 0 Å². The van der Waals surface area contributed by atoms with Gasteiger partial charge in [0.1, 0.15) is 0 Å². The number of hydrogen-bond donors (Lipinski definition) is 0. The number of para-hydroxylation sites is 3. The molecule has 0 saturated heterocycles. The van der Waals surface area contributed by atoms with Crippen molar-refractivity contribution in [1.29, 1.82) is 0 Å². The Bertz CT molecular complexity index is 2290. The molecule has 0 aliphatic rings. The summed E-state index contributed by atoms with van der Waals surface area (Å²) in [5, 5.41) is 4.89. The number of rotatable bonds is 7. The zero-order valence-corrected chi connectivity index (χ0v) is 32.0. The van der Waals surface area contributed by atoms with Gasteiger partial charge in [-0.3, -0.25) is 16.3 Å². The summed E-state index contributed by atoms with van der Waals surface area (Å²) in [5.74, 6) is 2.43. The maximum absolute atomic E-state index is 7.28. The Hall–Kier alpha value is -3.89. The molecule has 1 radical (unpaired) electrons. The summed E-state index contributed by atoms with van der Waals surface area (Å²) >= 11 is 1.69. The number of pyridine rings is 1. The van der Waals surface area contributed by atoms with Crippen LogP contribution in [0.15, 0.2) is 97.2 Å². The molecule has 7 rings (SSSR count). The third kappa shape index (κ3) is 7.96. The zero-order chi connectivity index (χ0) is 38.9. The van der Waals surface area contributed by atoms with Gasteiger partial charge in [-0.15, -0.1) is 46.8 Å². The molecular weight excluding hydrogens is 795 g/mol. The molecule has 3 aromatic heterocycles. The second kappa shape index (κ2) is 15.8. The van der Waals surface area contributed by atoms with Crippen molar-refractivity contribution in [2.75, 3.05) is 0 Å². The molecule has 253 valence electrons. The normalized spacial score (nSPS) is 13.7. The van der Waals surface area contributed by atoms with Crippen molar-refractivity contribution in [1.82, 2.24) is 14.5 Å². The first-order valence-corrected chi connectivity index (χ1v) is 17.4. The van der Waals surface area contributed by atoms with Crippen molar-refractivity contribution in [3.05, 3.63) is 136 Å². The van der Waals surface area contributed by atoms with Crippen molar-refractivity contribution < 1.29 is 28.3 Å². The second-order valence-corrected chi connectivity index (χ2v) is 14.1. The first kappa shape index (κ1) is 28.9. The van der Waals surface area contributed by atoms with Gasteiger partial charge in [0.2, 0.25) is 0 Å². The molecule has 0 spiro atoms. The van der Waals surface area contributed by atoms with Gasteiger partial charge in [-0.25, -0.2) is 0 Å². The maximum atomic E-state index is 7.28. The maximum Gasteiger partial charge on any atom is 0.0774 e. The summed E-state index contributed by atoms with van der Waals surface area (Å²) in [7, 11) is 0. The number of benzene rings is 4. The van der Waals surface area contributed by atoms with Gasteiger partial charge >= 0.3 is 0 Å². The molecule has 0 N–H and O–H groups in total. The molecule has 0 aliphatic carbocycles. The van der Waals surface area contributed by atoms with Crippen molar-refractivity contribution in [2.24, 2.45) is 5.92 Å². The average molecular weight is 846 g/mol. The Labute approximate surface area is 318 Å². The predicted octanol–water partition coefficient (Wildman–Crippen LogP) is 12.3. The van der Waals surface area contributed by atoms with Crippen LogP contribution in [0.5, 0.6) is 0 Å². The third-order valence-electron chi connectivity index (χ3n) is 8.42. The number of imidazole rings is 1. The fraction of sp³-hybridized carbons (Fsp3) is 0.273. The second-order valence-electron chi connectivity index (χ2n) is 13.3. The fourth-order valence-electron chi connectivity index (χ4n) is 6.11. The SMILES string of the molecule is CC(C)Cc1ccc2s[c-]c(-c3nc4ccccc4n3-c3c(C(C)C)cccc3C(C)C)c2c1.[2H]C([2H])([2H])c1c[c-]c(-c2ccc(C([2H])([2H])[2H])cn2)cc1.[Ir]. The molecule has 4 aromatic carbocycles. The van der Waals surface area contributed by atoms with Crippen LogP contribution in [0, 0.1) is 31.1 Å². The largest absolute Gasteiger partial charge is 0.333 e. The zero-order valence-electron chi connectivity index (χ0n) is 34.8. The van der Waals surface area contributed by atoms with Gasteiger partial charge in [0.15, 0.2) is 0 Å². The van der Waals surface area contributed by atoms with Gasteiger partial charge in [-0.1, -0.05) is 124 Å². The first-order valence-electron chi connectivity index (χ1n) is 19.6. The van der Waals surface area contributed by atoms with E-state index in [9.17, 15) is 0 Å². The molecule has 7 aromatic rings. The molecular formula is C44H45IrN3S-2. The van der Waals surface area contributed by atoms with Crippen LogP contribution in [0.3, 0.4) is 0 Å². The Morgan fingerprint density at radius 3 is 2.18 bits per heavy atom. The Balaban J connectivity index is 0.000000237. The molecule has 0 atom stereocenters. The number of thiophene rings is 1. The molecule has 49 heavy (non-hydrogen) atoms. The summed E-state index contributed by atoms with van der Waals surface area (Å²) in [6.07, 6.45) is 2.38. The van der Waals surface area contributed by atoms with E-state index in [-0.39, 0.29) is 31.2 Å². The quantitative estimate of drug-likeness (QED) is 0.150. The molecule has 3 nitrogen and oxygen atoms in total. The fourth-order valence-corrected chi connectivity index (χ4v) is 6.93. The summed E-state index contributed by atoms with van der Waals surface area (Å²) in [5.41, 5.74) is 10.2. The molecule has 0 fully saturated rings. The van der Waals surface area contributed by atoms with E-state index in [0.717, 1.165) is 28.8 Å². The Kier molecular flexibility index (Phi) is 9.30. The number of fused-ring (bicyclic) bond motifs is 2. The third-order valence-corrected chi connectivity index (χ3v) is 9.31. The van der Waals surface area contributed by atoms with E-state index in [1.807, 2.05) is 0 Å². The Morgan fingerprint density at radius 2 is 1.55 bits per heavy atom. The minimum absolute atomic E-state index is 0. The molecule has 5 heteroatoms. The average Bonchev–Trinajstić information content (AvgIpc) is 3.71. The summed E-state index contributed by atoms with van der Waals surface area (Å²) in [6, 6.07) is 32.6. The monoisotopic (exact) mass is 846 g/mol. The summed E-state index contributed by atoms with van der Waals surface area (Å²) in [4.78, 5) is 9.29. The molecule has 0 aliphatic heterocycles. The van der Waals surface area contributed by atoms with Gasteiger partial charge in [0, 0.05) is 40.2 Å². The number of aromatic nitrogens is 3. The van der Waals surface area contributed by atoms with E-state index in [4.69, 9.17) is 13.2 Å². The molecule has 0 unspecified atom stereocenters. The van der Waals surface area contributed by atoms with E-state index in [2.05, 4.69) is 123 Å². The van der Waals surface area contributed by atoms with Gasteiger partial charge in [0.25, 0.3) is 0 Å². The number of hydrogen-bond acceptors (Lipinski definition) is 3. The van der Waals surface area contributed by atoms with Gasteiger partial charge in [-0.05, 0) is 65.5 Å². The topological polar surface area (TPSA) is 30.7 Å². The van der Waals surface area contributed by atoms with Gasteiger partial charge < -0.3 is 9.55 Å². The van der Waals surface area contributed by atoms with Gasteiger partial charge in [0.05, 0.1) is 16.9 Å². The van der Waals surface area contributed by atoms with E-state index in [1.54, 1.807) is 23.5 Å². The number of nitrogens with zero attached hydrogens (tertiary/aromatic N) is 3. The van der Waals surface area contributed by atoms with Crippen molar-refractivity contribution in [3.8, 4) is 28.3 Å². The van der Waals surface area contributed by atoms with Gasteiger partial charge in [-0.2, -0.15) is 0 Å². The standard InChI is InChI=1S/C31H33N2S.C13H12N.Ir/c1-19(2)16-22-14-15-29-25(17-22)26(18-34-29)31-32-27-12-7-8-13-28(27)33(31)30-23(20(3)4)10-9-11-24(30)21(5)6;1-10-3-6-12(7-4-10)13-8-5-11(2)9-14-13;/h7-15,17,19-21H,16H2,1-6H3;3-6,8-9H,1-2H3;/q2*-1;/i;1D3,2D3;. The molecule has 3 heterocycles. The minimum atomic E-state index is -2.18. The van der Waals surface area contributed by atoms with E-state index in [0.29, 0.717) is 29.0 Å². The van der Waals surface area contributed by atoms with Crippen LogP contribution in [0.1, 0.15) is 89.4 Å². The van der Waals surface area contributed by atoms with Crippen molar-refractivity contribution in [3.63, 3.8) is 0 Å². The molecule has 0 saturated carbocycles. The first-order chi connectivity index (χ1) is 25.5. The van der Waals surface area contributed by atoms with E-state index in [1.165, 1.54) is 56.9 Å². The van der Waals surface area contributed by atoms with Crippen LogP contribution in [0.4, 0.5) is 0 Å². The summed E-state index contributed by atoms with van der Waals surface area (Å²) < 4.78 is 47.3. The van der Waals surface area contributed by atoms with Crippen LogP contribution in [-0.4, -0.2) is 14.5 Å². The van der Waals surface area contributed by atoms with Crippen molar-refractivity contribution in [2.45, 2.75) is 73.5 Å². The van der Waals surface area contributed by atoms with Crippen LogP contribution in [0.2, 0.25) is 0 Å².